The van der Waals surface area contributed by atoms with Gasteiger partial charge in [-0.25, -0.2) is 0 Å². The molecule has 2 N–H and O–H groups in total. The third-order valence-electron chi connectivity index (χ3n) is 3.00. The first kappa shape index (κ1) is 17.8. The van der Waals surface area contributed by atoms with Crippen molar-refractivity contribution in [2.45, 2.75) is 12.3 Å². The van der Waals surface area contributed by atoms with Crippen molar-refractivity contribution in [3.05, 3.63) is 70.7 Å². The molecule has 24 heavy (non-hydrogen) atoms. The fourth-order valence-corrected chi connectivity index (χ4v) is 2.04. The van der Waals surface area contributed by atoms with Crippen LogP contribution < -0.4 is 10.6 Å². The molecular weight excluding hydrogens is 345 g/mol. The van der Waals surface area contributed by atoms with Crippen molar-refractivity contribution in [2.24, 2.45) is 0 Å². The van der Waals surface area contributed by atoms with E-state index in [4.69, 9.17) is 11.6 Å². The van der Waals surface area contributed by atoms with Crippen LogP contribution in [-0.4, -0.2) is 24.2 Å². The minimum atomic E-state index is -4.86. The van der Waals surface area contributed by atoms with Gasteiger partial charge < -0.3 is 10.6 Å². The average Bonchev–Trinajstić information content (AvgIpc) is 2.54. The van der Waals surface area contributed by atoms with Crippen molar-refractivity contribution >= 4 is 23.4 Å². The van der Waals surface area contributed by atoms with Crippen molar-refractivity contribution in [1.29, 1.82) is 0 Å². The zero-order chi connectivity index (χ0) is 17.7. The number of nitrogens with one attached hydrogen (secondary N) is 2. The lowest BCUT2D eigenvalue weighted by atomic mass is 10.2. The number of rotatable bonds is 4. The van der Waals surface area contributed by atoms with Gasteiger partial charge >= 0.3 is 6.18 Å². The average molecular weight is 357 g/mol. The molecule has 4 nitrogen and oxygen atoms in total. The maximum atomic E-state index is 13.1. The van der Waals surface area contributed by atoms with Crippen LogP contribution in [0.15, 0.2) is 54.6 Å². The number of halogens is 4. The largest absolute Gasteiger partial charge is 0.427 e. The van der Waals surface area contributed by atoms with E-state index in [1.54, 1.807) is 16.7 Å². The topological polar surface area (TPSA) is 58.2 Å². The zero-order valence-electron chi connectivity index (χ0n) is 12.1. The summed E-state index contributed by atoms with van der Waals surface area (Å²) in [5, 5.41) is 3.71. The predicted octanol–water partition coefficient (Wildman–Crippen LogP) is 3.39. The summed E-state index contributed by atoms with van der Waals surface area (Å²) in [7, 11) is 0. The molecule has 0 saturated heterocycles. The van der Waals surface area contributed by atoms with Crippen LogP contribution in [0, 0.1) is 0 Å². The molecule has 8 heteroatoms. The van der Waals surface area contributed by atoms with Crippen LogP contribution in [-0.2, 0) is 0 Å². The molecule has 0 aliphatic heterocycles. The van der Waals surface area contributed by atoms with E-state index in [2.05, 4.69) is 0 Å². The molecule has 1 atom stereocenters. The third-order valence-corrected chi connectivity index (χ3v) is 3.24. The van der Waals surface area contributed by atoms with Gasteiger partial charge in [0.2, 0.25) is 0 Å². The number of amides is 2. The highest BCUT2D eigenvalue weighted by Gasteiger charge is 2.42. The van der Waals surface area contributed by atoms with Crippen LogP contribution in [0.5, 0.6) is 0 Å². The summed E-state index contributed by atoms with van der Waals surface area (Å²) < 4.78 is 39.3. The van der Waals surface area contributed by atoms with E-state index >= 15 is 0 Å². The van der Waals surface area contributed by atoms with Gasteiger partial charge in [-0.05, 0) is 30.3 Å². The summed E-state index contributed by atoms with van der Waals surface area (Å²) >= 11 is 5.71. The SMILES string of the molecule is O=C(NC(NC(=O)c1cccc(Cl)c1)C(F)(F)F)c1ccccc1. The van der Waals surface area contributed by atoms with Crippen LogP contribution in [0.1, 0.15) is 20.7 Å². The fraction of sp³-hybridized carbons (Fsp3) is 0.125. The molecule has 0 fully saturated rings. The second-order valence-electron chi connectivity index (χ2n) is 4.80. The summed E-state index contributed by atoms with van der Waals surface area (Å²) in [5.41, 5.74) is -0.00513. The molecule has 0 aromatic heterocycles. The molecule has 1 unspecified atom stereocenters. The highest BCUT2D eigenvalue weighted by molar-refractivity contribution is 6.30. The maximum Gasteiger partial charge on any atom is 0.427 e. The highest BCUT2D eigenvalue weighted by atomic mass is 35.5. The van der Waals surface area contributed by atoms with Crippen molar-refractivity contribution < 1.29 is 22.8 Å². The minimum absolute atomic E-state index is 0.0451. The zero-order valence-corrected chi connectivity index (χ0v) is 12.9. The van der Waals surface area contributed by atoms with Crippen molar-refractivity contribution in [3.63, 3.8) is 0 Å². The first-order chi connectivity index (χ1) is 11.3. The molecule has 2 rings (SSSR count). The van der Waals surface area contributed by atoms with Crippen LogP contribution in [0.25, 0.3) is 0 Å². The molecule has 0 saturated carbocycles. The van der Waals surface area contributed by atoms with E-state index in [0.717, 1.165) is 0 Å². The van der Waals surface area contributed by atoms with E-state index in [1.165, 1.54) is 48.5 Å². The summed E-state index contributed by atoms with van der Waals surface area (Å²) in [6.45, 7) is 0. The number of hydrogen-bond donors (Lipinski definition) is 2. The lowest BCUT2D eigenvalue weighted by Crippen LogP contribution is -2.56. The Hall–Kier alpha value is -2.54. The number of benzene rings is 2. The number of carbonyl (C=O) groups is 2. The Balaban J connectivity index is 2.14. The maximum absolute atomic E-state index is 13.1. The van der Waals surface area contributed by atoms with Crippen molar-refractivity contribution in [1.82, 2.24) is 10.6 Å². The minimum Gasteiger partial charge on any atom is -0.324 e. The molecular formula is C16H12ClF3N2O2. The molecule has 0 radical (unpaired) electrons. The smallest absolute Gasteiger partial charge is 0.324 e. The Kier molecular flexibility index (Phi) is 5.46. The van der Waals surface area contributed by atoms with Gasteiger partial charge in [0.05, 0.1) is 0 Å². The molecule has 2 aromatic carbocycles. The molecule has 0 heterocycles. The van der Waals surface area contributed by atoms with Gasteiger partial charge in [0, 0.05) is 16.1 Å². The molecule has 0 aliphatic rings. The quantitative estimate of drug-likeness (QED) is 0.825. The van der Waals surface area contributed by atoms with Crippen LogP contribution >= 0.6 is 11.6 Å². The number of carbonyl (C=O) groups excluding carboxylic acids is 2. The molecule has 126 valence electrons. The van der Waals surface area contributed by atoms with E-state index < -0.39 is 24.2 Å². The summed E-state index contributed by atoms with van der Waals surface area (Å²) in [4.78, 5) is 23.8. The lowest BCUT2D eigenvalue weighted by molar-refractivity contribution is -0.158. The molecule has 0 spiro atoms. The van der Waals surface area contributed by atoms with Gasteiger partial charge in [-0.15, -0.1) is 0 Å². The van der Waals surface area contributed by atoms with Gasteiger partial charge in [-0.2, -0.15) is 13.2 Å². The number of hydrogen-bond acceptors (Lipinski definition) is 2. The molecule has 2 amide bonds. The lowest BCUT2D eigenvalue weighted by Gasteiger charge is -2.22. The van der Waals surface area contributed by atoms with Crippen molar-refractivity contribution in [2.75, 3.05) is 0 Å². The normalized spacial score (nSPS) is 12.3. The first-order valence-corrected chi connectivity index (χ1v) is 7.14. The Bertz CT molecular complexity index is 736. The Morgan fingerprint density at radius 2 is 1.42 bits per heavy atom. The number of alkyl halides is 3. The first-order valence-electron chi connectivity index (χ1n) is 6.76. The second-order valence-corrected chi connectivity index (χ2v) is 5.23. The predicted molar refractivity (Wildman–Crippen MR) is 82.7 cm³/mol. The van der Waals surface area contributed by atoms with Crippen LogP contribution in [0.3, 0.4) is 0 Å². The van der Waals surface area contributed by atoms with E-state index in [-0.39, 0.29) is 16.1 Å². The summed E-state index contributed by atoms with van der Waals surface area (Å²) in [6.07, 6.45) is -7.39. The second kappa shape index (κ2) is 7.35. The molecule has 2 aromatic rings. The standard InChI is InChI=1S/C16H12ClF3N2O2/c17-12-8-4-7-11(9-12)14(24)22-15(16(18,19)20)21-13(23)10-5-2-1-3-6-10/h1-9,15H,(H,21,23)(H,22,24). The van der Waals surface area contributed by atoms with Gasteiger partial charge in [0.1, 0.15) is 0 Å². The Labute approximate surface area is 140 Å². The van der Waals surface area contributed by atoms with Gasteiger partial charge in [0.25, 0.3) is 11.8 Å². The van der Waals surface area contributed by atoms with Crippen LogP contribution in [0.4, 0.5) is 13.2 Å². The molecule has 0 bridgehead atoms. The van der Waals surface area contributed by atoms with Gasteiger partial charge in [-0.1, -0.05) is 35.9 Å². The Morgan fingerprint density at radius 1 is 0.875 bits per heavy atom. The monoisotopic (exact) mass is 356 g/mol. The van der Waals surface area contributed by atoms with E-state index in [0.29, 0.717) is 0 Å². The summed E-state index contributed by atoms with van der Waals surface area (Å²) in [6, 6.07) is 12.8. The molecule has 0 aliphatic carbocycles. The third kappa shape index (κ3) is 4.73. The van der Waals surface area contributed by atoms with Gasteiger partial charge in [-0.3, -0.25) is 9.59 Å². The van der Waals surface area contributed by atoms with Crippen molar-refractivity contribution in [3.8, 4) is 0 Å². The Morgan fingerprint density at radius 3 is 1.96 bits per heavy atom. The van der Waals surface area contributed by atoms with E-state index in [9.17, 15) is 22.8 Å². The fourth-order valence-electron chi connectivity index (χ4n) is 1.85. The van der Waals surface area contributed by atoms with E-state index in [1.807, 2.05) is 0 Å². The highest BCUT2D eigenvalue weighted by Crippen LogP contribution is 2.20. The van der Waals surface area contributed by atoms with Gasteiger partial charge in [0.15, 0.2) is 6.17 Å². The van der Waals surface area contributed by atoms with Crippen LogP contribution in [0.2, 0.25) is 5.02 Å². The summed E-state index contributed by atoms with van der Waals surface area (Å²) in [5.74, 6) is -1.96.